The van der Waals surface area contributed by atoms with Crippen LogP contribution in [-0.2, 0) is 0 Å². The molecule has 0 aliphatic carbocycles. The molecule has 0 radical (unpaired) electrons. The maximum Gasteiger partial charge on any atom is 0 e. The minimum atomic E-state index is 0. The second-order valence-corrected chi connectivity index (χ2v) is 2.45. The Morgan fingerprint density at radius 2 is 2.30 bits per heavy atom. The van der Waals surface area contributed by atoms with Crippen LogP contribution in [0.15, 0.2) is 0 Å². The molecule has 1 saturated heterocycles. The first-order valence-electron chi connectivity index (χ1n) is 4.34. The van der Waals surface area contributed by atoms with E-state index in [-0.39, 0.29) is 1.43 Å². The Morgan fingerprint density at radius 1 is 1.60 bits per heavy atom. The SMILES string of the molecule is CC.NC[C@@H]1CCCNC1.[HH]. The van der Waals surface area contributed by atoms with Crippen molar-refractivity contribution in [1.29, 1.82) is 0 Å². The first kappa shape index (κ1) is 9.92. The summed E-state index contributed by atoms with van der Waals surface area (Å²) in [6.45, 7) is 7.18. The molecular weight excluding hydrogens is 124 g/mol. The highest BCUT2D eigenvalue weighted by Gasteiger charge is 2.09. The topological polar surface area (TPSA) is 38.0 Å². The lowest BCUT2D eigenvalue weighted by Gasteiger charge is -2.20. The molecule has 0 aromatic carbocycles. The Hall–Kier alpha value is -0.0800. The summed E-state index contributed by atoms with van der Waals surface area (Å²) in [6.07, 6.45) is 2.63. The summed E-state index contributed by atoms with van der Waals surface area (Å²) in [4.78, 5) is 0. The van der Waals surface area contributed by atoms with Gasteiger partial charge in [-0.1, -0.05) is 13.8 Å². The van der Waals surface area contributed by atoms with Gasteiger partial charge in [0, 0.05) is 1.43 Å². The largest absolute Gasteiger partial charge is 0.330 e. The van der Waals surface area contributed by atoms with Gasteiger partial charge in [-0.2, -0.15) is 0 Å². The number of nitrogens with two attached hydrogens (primary N) is 1. The normalized spacial score (nSPS) is 24.9. The maximum atomic E-state index is 5.46. The minimum Gasteiger partial charge on any atom is -0.330 e. The van der Waals surface area contributed by atoms with Gasteiger partial charge < -0.3 is 11.1 Å². The maximum absolute atomic E-state index is 5.46. The number of hydrogen-bond donors (Lipinski definition) is 2. The van der Waals surface area contributed by atoms with Crippen LogP contribution in [0.5, 0.6) is 0 Å². The predicted octanol–water partition coefficient (Wildman–Crippen LogP) is 1.22. The van der Waals surface area contributed by atoms with Crippen LogP contribution in [0, 0.1) is 5.92 Å². The standard InChI is InChI=1S/C6H14N2.C2H6.H2/c7-4-6-2-1-3-8-5-6;1-2;/h6,8H,1-5,7H2;1-2H3;1H/t6-;;/m0../s1. The van der Waals surface area contributed by atoms with E-state index in [0.717, 1.165) is 19.0 Å². The molecule has 1 rings (SSSR count). The monoisotopic (exact) mass is 146 g/mol. The molecule has 1 heterocycles. The number of rotatable bonds is 1. The predicted molar refractivity (Wildman–Crippen MR) is 48.1 cm³/mol. The lowest BCUT2D eigenvalue weighted by Crippen LogP contribution is -2.33. The minimum absolute atomic E-state index is 0. The van der Waals surface area contributed by atoms with Gasteiger partial charge in [-0.05, 0) is 38.4 Å². The Bertz CT molecular complexity index is 63.1. The van der Waals surface area contributed by atoms with Crippen molar-refractivity contribution < 1.29 is 1.43 Å². The van der Waals surface area contributed by atoms with Crippen molar-refractivity contribution in [2.75, 3.05) is 19.6 Å². The summed E-state index contributed by atoms with van der Waals surface area (Å²) >= 11 is 0. The van der Waals surface area contributed by atoms with Crippen molar-refractivity contribution >= 4 is 0 Å². The fourth-order valence-corrected chi connectivity index (χ4v) is 1.13. The van der Waals surface area contributed by atoms with E-state index in [4.69, 9.17) is 5.73 Å². The second kappa shape index (κ2) is 7.03. The molecule has 0 aromatic rings. The highest BCUT2D eigenvalue weighted by molar-refractivity contribution is 4.68. The third-order valence-electron chi connectivity index (χ3n) is 1.73. The van der Waals surface area contributed by atoms with Gasteiger partial charge in [0.2, 0.25) is 0 Å². The first-order valence-corrected chi connectivity index (χ1v) is 4.34. The molecule has 0 bridgehead atoms. The molecule has 1 aliphatic rings. The summed E-state index contributed by atoms with van der Waals surface area (Å²) in [5.41, 5.74) is 5.46. The van der Waals surface area contributed by atoms with Gasteiger partial charge in [0.15, 0.2) is 0 Å². The second-order valence-electron chi connectivity index (χ2n) is 2.45. The van der Waals surface area contributed by atoms with E-state index in [1.807, 2.05) is 13.8 Å². The molecule has 1 aliphatic heterocycles. The molecule has 1 fully saturated rings. The van der Waals surface area contributed by atoms with Gasteiger partial charge in [0.25, 0.3) is 0 Å². The van der Waals surface area contributed by atoms with Gasteiger partial charge >= 0.3 is 0 Å². The molecule has 10 heavy (non-hydrogen) atoms. The molecule has 3 N–H and O–H groups in total. The molecule has 64 valence electrons. The molecule has 0 spiro atoms. The van der Waals surface area contributed by atoms with Crippen molar-refractivity contribution in [3.8, 4) is 0 Å². The van der Waals surface area contributed by atoms with E-state index in [2.05, 4.69) is 5.32 Å². The van der Waals surface area contributed by atoms with Crippen molar-refractivity contribution in [3.05, 3.63) is 0 Å². The van der Waals surface area contributed by atoms with E-state index in [9.17, 15) is 0 Å². The third-order valence-corrected chi connectivity index (χ3v) is 1.73. The van der Waals surface area contributed by atoms with Gasteiger partial charge in [0.05, 0.1) is 0 Å². The van der Waals surface area contributed by atoms with Crippen molar-refractivity contribution in [1.82, 2.24) is 5.32 Å². The molecule has 1 atom stereocenters. The fraction of sp³-hybridized carbons (Fsp3) is 1.00. The van der Waals surface area contributed by atoms with E-state index in [1.54, 1.807) is 0 Å². The van der Waals surface area contributed by atoms with E-state index in [1.165, 1.54) is 19.4 Å². The van der Waals surface area contributed by atoms with Crippen LogP contribution in [0.3, 0.4) is 0 Å². The molecular formula is C8H22N2. The zero-order chi connectivity index (χ0) is 7.82. The lowest BCUT2D eigenvalue weighted by molar-refractivity contribution is 0.385. The fourth-order valence-electron chi connectivity index (χ4n) is 1.13. The molecule has 2 heteroatoms. The van der Waals surface area contributed by atoms with Crippen molar-refractivity contribution in [2.45, 2.75) is 26.7 Å². The summed E-state index contributed by atoms with van der Waals surface area (Å²) in [5, 5.41) is 3.31. The molecule has 0 amide bonds. The van der Waals surface area contributed by atoms with Crippen LogP contribution in [-0.4, -0.2) is 19.6 Å². The number of hydrogen-bond acceptors (Lipinski definition) is 2. The van der Waals surface area contributed by atoms with Crippen LogP contribution in [0.25, 0.3) is 0 Å². The molecule has 0 unspecified atom stereocenters. The highest BCUT2D eigenvalue weighted by Crippen LogP contribution is 2.06. The van der Waals surface area contributed by atoms with Crippen LogP contribution >= 0.6 is 0 Å². The zero-order valence-corrected chi connectivity index (χ0v) is 7.19. The van der Waals surface area contributed by atoms with Crippen LogP contribution < -0.4 is 11.1 Å². The summed E-state index contributed by atoms with van der Waals surface area (Å²) in [5.74, 6) is 0.753. The molecule has 2 nitrogen and oxygen atoms in total. The van der Waals surface area contributed by atoms with E-state index >= 15 is 0 Å². The highest BCUT2D eigenvalue weighted by atomic mass is 14.9. The summed E-state index contributed by atoms with van der Waals surface area (Å²) in [7, 11) is 0. The first-order chi connectivity index (χ1) is 4.93. The average molecular weight is 146 g/mol. The van der Waals surface area contributed by atoms with Crippen LogP contribution in [0.4, 0.5) is 0 Å². The molecule has 0 aromatic heterocycles. The van der Waals surface area contributed by atoms with Gasteiger partial charge in [-0.3, -0.25) is 0 Å². The Morgan fingerprint density at radius 3 is 2.60 bits per heavy atom. The lowest BCUT2D eigenvalue weighted by atomic mass is 10.0. The van der Waals surface area contributed by atoms with Gasteiger partial charge in [0.1, 0.15) is 0 Å². The average Bonchev–Trinajstić information content (AvgIpc) is 2.10. The van der Waals surface area contributed by atoms with Crippen molar-refractivity contribution in [2.24, 2.45) is 11.7 Å². The number of piperidine rings is 1. The van der Waals surface area contributed by atoms with Crippen LogP contribution in [0.1, 0.15) is 28.1 Å². The summed E-state index contributed by atoms with van der Waals surface area (Å²) in [6, 6.07) is 0. The zero-order valence-electron chi connectivity index (χ0n) is 7.19. The van der Waals surface area contributed by atoms with Gasteiger partial charge in [-0.15, -0.1) is 0 Å². The summed E-state index contributed by atoms with van der Waals surface area (Å²) < 4.78 is 0. The van der Waals surface area contributed by atoms with Gasteiger partial charge in [-0.25, -0.2) is 0 Å². The number of nitrogens with one attached hydrogen (secondary N) is 1. The van der Waals surface area contributed by atoms with E-state index in [0.29, 0.717) is 0 Å². The van der Waals surface area contributed by atoms with Crippen molar-refractivity contribution in [3.63, 3.8) is 0 Å². The Labute approximate surface area is 65.7 Å². The quantitative estimate of drug-likeness (QED) is 0.583. The Kier molecular flexibility index (Phi) is 6.98. The molecule has 0 saturated carbocycles. The van der Waals surface area contributed by atoms with E-state index < -0.39 is 0 Å². The Balaban J connectivity index is 0. The third kappa shape index (κ3) is 3.85. The smallest absolute Gasteiger partial charge is 0 e. The van der Waals surface area contributed by atoms with Crippen LogP contribution in [0.2, 0.25) is 0 Å².